The van der Waals surface area contributed by atoms with Gasteiger partial charge in [-0.2, -0.15) is 0 Å². The van der Waals surface area contributed by atoms with Crippen LogP contribution in [0, 0.1) is 39.5 Å². The fourth-order valence-electron chi connectivity index (χ4n) is 8.41. The molecule has 0 heterocycles. The Morgan fingerprint density at radius 3 is 1.04 bits per heavy atom. The Bertz CT molecular complexity index is 3090. The van der Waals surface area contributed by atoms with Crippen LogP contribution in [0.4, 0.5) is 5.69 Å². The predicted molar refractivity (Wildman–Crippen MR) is 331 cm³/mol. The Labute approximate surface area is 539 Å². The van der Waals surface area contributed by atoms with Gasteiger partial charge in [0.15, 0.2) is 19.6 Å². The average molecular weight is 1300 g/mol. The van der Waals surface area contributed by atoms with Crippen LogP contribution in [0.15, 0.2) is 194 Å². The molecule has 82 heavy (non-hydrogen) atoms. The van der Waals surface area contributed by atoms with Crippen molar-refractivity contribution < 1.29 is 109 Å². The molecule has 7 aromatic carbocycles. The molecular formula is C68H83NO9P2Y2. The van der Waals surface area contributed by atoms with Crippen molar-refractivity contribution in [2.45, 2.75) is 85.0 Å². The van der Waals surface area contributed by atoms with Crippen molar-refractivity contribution in [1.82, 2.24) is 0 Å². The summed E-state index contributed by atoms with van der Waals surface area (Å²) in [6.07, 6.45) is 9.17. The maximum atomic E-state index is 11.9. The monoisotopic (exact) mass is 1300 g/mol. The van der Waals surface area contributed by atoms with Gasteiger partial charge in [-0.05, 0) is 125 Å². The van der Waals surface area contributed by atoms with Gasteiger partial charge in [0.1, 0.15) is 30.0 Å². The number of Topliss-reactive ketones (excluding diaryl/α,β-unsaturated/α-hetero) is 2. The third kappa shape index (κ3) is 23.2. The van der Waals surface area contributed by atoms with E-state index in [-0.39, 0.29) is 83.6 Å². The summed E-state index contributed by atoms with van der Waals surface area (Å²) < 4.78 is 25.4. The second-order valence-electron chi connectivity index (χ2n) is 21.2. The van der Waals surface area contributed by atoms with Gasteiger partial charge in [0.25, 0.3) is 0 Å². The Kier molecular flexibility index (Phi) is 31.6. The van der Waals surface area contributed by atoms with Crippen LogP contribution >= 0.6 is 15.8 Å². The van der Waals surface area contributed by atoms with Crippen LogP contribution in [-0.2, 0) is 95.9 Å². The fraction of sp³-hybridized carbons (Fsp3) is 0.294. The van der Waals surface area contributed by atoms with E-state index < -0.39 is 39.2 Å². The SMILES string of the molecule is CC1C=CC(C(C)c2ccc(N)cc2)C=C1.C[PH](C)=O.Cc1ccc(C(C)(O)c2ccc(C(=O)CO)cc2)cc1.Cc1ccc(C(C)(O)c2ccc(C(=O)CO[PH](C)=O)cc2)cc1.Cc1ccc(C(C)(O)c2ccc(C)cc2)cc1.[Y].[Y]. The molecule has 0 saturated carbocycles. The predicted octanol–water partition coefficient (Wildman–Crippen LogP) is 14.1. The summed E-state index contributed by atoms with van der Waals surface area (Å²) >= 11 is 0. The quantitative estimate of drug-likeness (QED) is 0.0304. The summed E-state index contributed by atoms with van der Waals surface area (Å²) in [7, 11) is -3.25. The van der Waals surface area contributed by atoms with Crippen molar-refractivity contribution in [3.8, 4) is 0 Å². The molecule has 4 unspecified atom stereocenters. The van der Waals surface area contributed by atoms with Crippen molar-refractivity contribution >= 4 is 33.1 Å². The van der Waals surface area contributed by atoms with E-state index in [4.69, 9.17) is 15.4 Å². The smallest absolute Gasteiger partial charge is 0.189 e. The van der Waals surface area contributed by atoms with Crippen LogP contribution in [-0.4, -0.2) is 65.2 Å². The van der Waals surface area contributed by atoms with E-state index in [2.05, 4.69) is 50.3 Å². The zero-order valence-electron chi connectivity index (χ0n) is 49.7. The van der Waals surface area contributed by atoms with Crippen molar-refractivity contribution in [3.63, 3.8) is 0 Å². The van der Waals surface area contributed by atoms with Gasteiger partial charge < -0.3 is 35.2 Å². The molecule has 0 aromatic heterocycles. The number of nitrogen functional groups attached to an aromatic ring is 1. The summed E-state index contributed by atoms with van der Waals surface area (Å²) in [5.41, 5.74) is 15.1. The molecule has 0 aliphatic heterocycles. The molecule has 430 valence electrons. The first-order chi connectivity index (χ1) is 37.6. The molecule has 4 atom stereocenters. The van der Waals surface area contributed by atoms with E-state index in [0.29, 0.717) is 40.0 Å². The Hall–Kier alpha value is -4.37. The van der Waals surface area contributed by atoms with E-state index in [0.717, 1.165) is 39.1 Å². The number of rotatable bonds is 14. The number of benzene rings is 7. The number of aliphatic hydroxyl groups excluding tert-OH is 1. The molecule has 1 aliphatic carbocycles. The second-order valence-corrected chi connectivity index (χ2v) is 24.3. The van der Waals surface area contributed by atoms with Crippen LogP contribution in [0.5, 0.6) is 0 Å². The molecule has 0 amide bonds. The van der Waals surface area contributed by atoms with Crippen molar-refractivity contribution in [2.75, 3.05) is 38.9 Å². The molecule has 0 bridgehead atoms. The third-order valence-electron chi connectivity index (χ3n) is 13.9. The topological polar surface area (TPSA) is 184 Å². The summed E-state index contributed by atoms with van der Waals surface area (Å²) in [4.78, 5) is 23.3. The van der Waals surface area contributed by atoms with Crippen LogP contribution in [0.1, 0.15) is 122 Å². The number of carbonyl (C=O) groups excluding carboxylic acids is 2. The standard InChI is InChI=1S/C18H21O4P.C17H18O3.C16H18O.C15H19N.C2H7OP.2Y/c1-13-4-8-15(9-5-13)18(2,20)16-10-6-14(7-11-16)17(19)12-22-23(3)21;1-12-3-7-14(8-4-12)17(2,20)15-9-5-13(6-10-15)16(19)11-18;1-12-4-8-14(9-5-12)16(3,17)15-10-6-13(2)7-11-15;1-11-3-5-13(6-4-11)12(2)14-7-9-15(16)10-8-14;1-4(2)3;;/h4-11,20,23H,12H2,1-3H3;3-10,18,20H,11H2,1-2H3;4-11,17H,1-3H3;3-13H,16H2,1-2H3;4H,1-2H3;;. The van der Waals surface area contributed by atoms with Gasteiger partial charge in [-0.15, -0.1) is 0 Å². The Morgan fingerprint density at radius 2 is 0.768 bits per heavy atom. The van der Waals surface area contributed by atoms with Gasteiger partial charge in [0.2, 0.25) is 0 Å². The summed E-state index contributed by atoms with van der Waals surface area (Å²) in [6.45, 7) is 22.0. The van der Waals surface area contributed by atoms with Crippen molar-refractivity contribution in [3.05, 3.63) is 266 Å². The normalized spacial score (nSPS) is 15.4. The van der Waals surface area contributed by atoms with Gasteiger partial charge in [0.05, 0.1) is 7.80 Å². The zero-order valence-corrected chi connectivity index (χ0v) is 57.4. The number of ketones is 2. The number of hydrogen-bond acceptors (Lipinski definition) is 10. The van der Waals surface area contributed by atoms with Gasteiger partial charge in [-0.25, -0.2) is 0 Å². The van der Waals surface area contributed by atoms with E-state index in [1.807, 2.05) is 144 Å². The molecule has 0 fully saturated rings. The van der Waals surface area contributed by atoms with Crippen LogP contribution in [0.25, 0.3) is 0 Å². The zero-order chi connectivity index (χ0) is 59.4. The molecular weight excluding hydrogens is 1210 g/mol. The van der Waals surface area contributed by atoms with E-state index in [1.54, 1.807) is 75.7 Å². The summed E-state index contributed by atoms with van der Waals surface area (Å²) in [6, 6.07) is 53.0. The first-order valence-corrected chi connectivity index (χ1v) is 31.0. The molecule has 7 aromatic rings. The number of anilines is 1. The first-order valence-electron chi connectivity index (χ1n) is 26.8. The number of aliphatic hydroxyl groups is 4. The van der Waals surface area contributed by atoms with Crippen molar-refractivity contribution in [2.24, 2.45) is 11.8 Å². The number of aryl methyl sites for hydroxylation is 4. The second kappa shape index (κ2) is 35.2. The van der Waals surface area contributed by atoms with Crippen LogP contribution in [0.3, 0.4) is 0 Å². The van der Waals surface area contributed by atoms with Crippen LogP contribution in [0.2, 0.25) is 0 Å². The molecule has 8 rings (SSSR count). The molecule has 2 radical (unpaired) electrons. The number of nitrogens with two attached hydrogens (primary N) is 1. The average Bonchev–Trinajstić information content (AvgIpc) is 3.63. The van der Waals surface area contributed by atoms with Gasteiger partial charge >= 0.3 is 0 Å². The Morgan fingerprint density at radius 1 is 0.500 bits per heavy atom. The van der Waals surface area contributed by atoms with Gasteiger partial charge in [-0.1, -0.05) is 218 Å². The number of allylic oxidation sites excluding steroid dienone is 4. The van der Waals surface area contributed by atoms with Gasteiger partial charge in [0, 0.05) is 94.8 Å². The minimum atomic E-state index is -2.12. The molecule has 6 N–H and O–H groups in total. The number of hydrogen-bond donors (Lipinski definition) is 5. The first kappa shape index (κ1) is 73.7. The summed E-state index contributed by atoms with van der Waals surface area (Å²) in [5, 5.41) is 41.0. The maximum Gasteiger partial charge on any atom is 0.189 e. The third-order valence-corrected chi connectivity index (χ3v) is 14.4. The summed E-state index contributed by atoms with van der Waals surface area (Å²) in [5.74, 6) is 1.05. The molecule has 14 heteroatoms. The van der Waals surface area contributed by atoms with E-state index >= 15 is 0 Å². The molecule has 0 spiro atoms. The molecule has 10 nitrogen and oxygen atoms in total. The number of carbonyl (C=O) groups is 2. The maximum absolute atomic E-state index is 11.9. The van der Waals surface area contributed by atoms with E-state index in [9.17, 15) is 34.0 Å². The molecule has 0 saturated heterocycles. The Balaban J connectivity index is 0.000000365. The van der Waals surface area contributed by atoms with Crippen molar-refractivity contribution in [1.29, 1.82) is 0 Å². The minimum Gasteiger partial charge on any atom is -0.399 e. The van der Waals surface area contributed by atoms with Gasteiger partial charge in [-0.3, -0.25) is 14.2 Å². The molecule has 1 aliphatic rings. The largest absolute Gasteiger partial charge is 0.399 e. The minimum absolute atomic E-state index is 0. The fourth-order valence-corrected chi connectivity index (χ4v) is 8.74. The van der Waals surface area contributed by atoms with E-state index in [1.165, 1.54) is 23.4 Å². The van der Waals surface area contributed by atoms with Crippen LogP contribution < -0.4 is 5.73 Å².